The van der Waals surface area contributed by atoms with Gasteiger partial charge in [-0.2, -0.15) is 0 Å². The van der Waals surface area contributed by atoms with Crippen molar-refractivity contribution >= 4 is 0 Å². The second-order valence-corrected chi connectivity index (χ2v) is 2.04. The Morgan fingerprint density at radius 2 is 1.40 bits per heavy atom. The lowest BCUT2D eigenvalue weighted by atomic mass is 10.3. The molecule has 1 saturated carbocycles. The summed E-state index contributed by atoms with van der Waals surface area (Å²) in [6, 6.07) is 0.546. The van der Waals surface area contributed by atoms with Gasteiger partial charge in [-0.15, -0.1) is 12.8 Å². The van der Waals surface area contributed by atoms with Gasteiger partial charge in [-0.1, -0.05) is 26.7 Å². The predicted octanol–water partition coefficient (Wildman–Crippen LogP) is 2.16. The number of hydrogen-bond acceptors (Lipinski definition) is 1. The Balaban J connectivity index is 0. The zero-order valence-electron chi connectivity index (χ0n) is 7.14. The second kappa shape index (κ2) is 11.3. The van der Waals surface area contributed by atoms with E-state index in [9.17, 15) is 0 Å². The molecule has 0 unspecified atom stereocenters. The van der Waals surface area contributed by atoms with E-state index >= 15 is 0 Å². The van der Waals surface area contributed by atoms with Crippen molar-refractivity contribution in [2.75, 3.05) is 0 Å². The fourth-order valence-electron chi connectivity index (χ4n) is 0.957. The molecular weight excluding hydrogens is 122 g/mol. The van der Waals surface area contributed by atoms with Crippen molar-refractivity contribution in [1.29, 1.82) is 0 Å². The van der Waals surface area contributed by atoms with Crippen molar-refractivity contribution in [3.63, 3.8) is 0 Å². The van der Waals surface area contributed by atoms with Crippen molar-refractivity contribution in [3.05, 3.63) is 0 Å². The van der Waals surface area contributed by atoms with Gasteiger partial charge in [0.25, 0.3) is 0 Å². The minimum Gasteiger partial charge on any atom is -0.328 e. The van der Waals surface area contributed by atoms with Crippen molar-refractivity contribution in [2.24, 2.45) is 5.73 Å². The van der Waals surface area contributed by atoms with E-state index in [-0.39, 0.29) is 0 Å². The summed E-state index contributed by atoms with van der Waals surface area (Å²) in [4.78, 5) is 0. The lowest BCUT2D eigenvalue weighted by Crippen LogP contribution is -2.13. The van der Waals surface area contributed by atoms with Crippen LogP contribution < -0.4 is 5.73 Å². The molecule has 1 rings (SSSR count). The Morgan fingerprint density at radius 1 is 1.10 bits per heavy atom. The van der Waals surface area contributed by atoms with Crippen LogP contribution in [0, 0.1) is 12.8 Å². The summed E-state index contributed by atoms with van der Waals surface area (Å²) >= 11 is 0. The number of nitrogens with two attached hydrogens (primary N) is 1. The van der Waals surface area contributed by atoms with E-state index in [0.717, 1.165) is 0 Å². The van der Waals surface area contributed by atoms with E-state index in [2.05, 4.69) is 12.8 Å². The maximum Gasteiger partial charge on any atom is 0.00388 e. The molecular formula is C9H19N. The molecule has 0 aromatic heterocycles. The van der Waals surface area contributed by atoms with E-state index in [0.29, 0.717) is 6.04 Å². The molecule has 0 aromatic carbocycles. The standard InChI is InChI=1S/C5H11N.C2H6.C2H2/c6-5-3-1-2-4-5;2*1-2/h5H,1-4,6H2;1-2H3;1-2H. The Hall–Kier alpha value is -0.480. The van der Waals surface area contributed by atoms with Crippen LogP contribution in [0.4, 0.5) is 0 Å². The molecule has 0 spiro atoms. The topological polar surface area (TPSA) is 26.0 Å². The van der Waals surface area contributed by atoms with Crippen LogP contribution in [0.3, 0.4) is 0 Å². The summed E-state index contributed by atoms with van der Waals surface area (Å²) in [5.41, 5.74) is 5.53. The number of rotatable bonds is 0. The smallest absolute Gasteiger partial charge is 0.00388 e. The average molecular weight is 141 g/mol. The minimum absolute atomic E-state index is 0.546. The zero-order chi connectivity index (χ0) is 8.41. The summed E-state index contributed by atoms with van der Waals surface area (Å²) in [6.07, 6.45) is 13.3. The van der Waals surface area contributed by atoms with Crippen LogP contribution in [-0.2, 0) is 0 Å². The van der Waals surface area contributed by atoms with Gasteiger partial charge >= 0.3 is 0 Å². The van der Waals surface area contributed by atoms with Gasteiger partial charge in [0.2, 0.25) is 0 Å². The zero-order valence-corrected chi connectivity index (χ0v) is 7.14. The highest BCUT2D eigenvalue weighted by atomic mass is 14.6. The molecule has 1 fully saturated rings. The van der Waals surface area contributed by atoms with Gasteiger partial charge < -0.3 is 5.73 Å². The van der Waals surface area contributed by atoms with Crippen LogP contribution in [-0.4, -0.2) is 6.04 Å². The van der Waals surface area contributed by atoms with Gasteiger partial charge in [-0.05, 0) is 12.8 Å². The molecule has 1 aliphatic rings. The molecule has 0 saturated heterocycles. The van der Waals surface area contributed by atoms with Crippen molar-refractivity contribution in [2.45, 2.75) is 45.6 Å². The fraction of sp³-hybridized carbons (Fsp3) is 0.778. The lowest BCUT2D eigenvalue weighted by molar-refractivity contribution is 0.704. The highest BCUT2D eigenvalue weighted by Crippen LogP contribution is 2.14. The predicted molar refractivity (Wildman–Crippen MR) is 47.7 cm³/mol. The minimum atomic E-state index is 0.546. The molecule has 1 nitrogen and oxygen atoms in total. The molecule has 0 atom stereocenters. The fourth-order valence-corrected chi connectivity index (χ4v) is 0.957. The molecule has 0 radical (unpaired) electrons. The first-order valence-corrected chi connectivity index (χ1v) is 3.98. The lowest BCUT2D eigenvalue weighted by Gasteiger charge is -1.92. The van der Waals surface area contributed by atoms with Crippen LogP contribution in [0.5, 0.6) is 0 Å². The van der Waals surface area contributed by atoms with E-state index in [1.165, 1.54) is 25.7 Å². The first kappa shape index (κ1) is 12.2. The molecule has 0 aromatic rings. The summed E-state index contributed by atoms with van der Waals surface area (Å²) in [6.45, 7) is 4.00. The molecule has 0 aliphatic heterocycles. The van der Waals surface area contributed by atoms with Crippen LogP contribution in [0.2, 0.25) is 0 Å². The van der Waals surface area contributed by atoms with E-state index in [4.69, 9.17) is 5.73 Å². The van der Waals surface area contributed by atoms with Gasteiger partial charge in [0.05, 0.1) is 0 Å². The molecule has 0 amide bonds. The SMILES string of the molecule is C#C.CC.NC1CCCC1. The monoisotopic (exact) mass is 141 g/mol. The average Bonchev–Trinajstić information content (AvgIpc) is 2.48. The molecule has 1 heteroatoms. The normalized spacial score (nSPS) is 16.1. The van der Waals surface area contributed by atoms with Gasteiger partial charge in [0.15, 0.2) is 0 Å². The molecule has 10 heavy (non-hydrogen) atoms. The number of terminal acetylenes is 1. The van der Waals surface area contributed by atoms with Crippen LogP contribution in [0.1, 0.15) is 39.5 Å². The Morgan fingerprint density at radius 3 is 1.50 bits per heavy atom. The van der Waals surface area contributed by atoms with Gasteiger partial charge in [0, 0.05) is 6.04 Å². The van der Waals surface area contributed by atoms with Crippen LogP contribution in [0.25, 0.3) is 0 Å². The Labute approximate surface area is 65.0 Å². The third-order valence-corrected chi connectivity index (χ3v) is 1.40. The Bertz CT molecular complexity index is 60.4. The summed E-state index contributed by atoms with van der Waals surface area (Å²) in [5.74, 6) is 0. The molecule has 0 heterocycles. The molecule has 1 aliphatic carbocycles. The first-order valence-electron chi connectivity index (χ1n) is 3.98. The molecule has 0 bridgehead atoms. The highest BCUT2D eigenvalue weighted by molar-refractivity contribution is 4.67. The van der Waals surface area contributed by atoms with Crippen LogP contribution >= 0.6 is 0 Å². The summed E-state index contributed by atoms with van der Waals surface area (Å²) in [5, 5.41) is 0. The quantitative estimate of drug-likeness (QED) is 0.514. The van der Waals surface area contributed by atoms with E-state index in [1.54, 1.807) is 0 Å². The molecule has 2 N–H and O–H groups in total. The van der Waals surface area contributed by atoms with Crippen molar-refractivity contribution in [3.8, 4) is 12.8 Å². The van der Waals surface area contributed by atoms with Gasteiger partial charge in [-0.3, -0.25) is 0 Å². The maximum atomic E-state index is 5.53. The van der Waals surface area contributed by atoms with Gasteiger partial charge in [0.1, 0.15) is 0 Å². The van der Waals surface area contributed by atoms with Crippen molar-refractivity contribution in [1.82, 2.24) is 0 Å². The maximum absolute atomic E-state index is 5.53. The van der Waals surface area contributed by atoms with Crippen molar-refractivity contribution < 1.29 is 0 Å². The van der Waals surface area contributed by atoms with Crippen LogP contribution in [0.15, 0.2) is 0 Å². The Kier molecular flexibility index (Phi) is 13.9. The number of hydrogen-bond donors (Lipinski definition) is 1. The summed E-state index contributed by atoms with van der Waals surface area (Å²) < 4.78 is 0. The second-order valence-electron chi connectivity index (χ2n) is 2.04. The van der Waals surface area contributed by atoms with E-state index in [1.807, 2.05) is 13.8 Å². The first-order chi connectivity index (χ1) is 4.89. The largest absolute Gasteiger partial charge is 0.328 e. The van der Waals surface area contributed by atoms with E-state index < -0.39 is 0 Å². The summed E-state index contributed by atoms with van der Waals surface area (Å²) in [7, 11) is 0. The highest BCUT2D eigenvalue weighted by Gasteiger charge is 2.07. The third kappa shape index (κ3) is 7.52. The van der Waals surface area contributed by atoms with Gasteiger partial charge in [-0.25, -0.2) is 0 Å². The third-order valence-electron chi connectivity index (χ3n) is 1.40. The molecule has 60 valence electrons.